The van der Waals surface area contributed by atoms with Crippen LogP contribution in [0.25, 0.3) is 10.8 Å². The number of nitrogen functional groups attached to an aromatic ring is 2. The van der Waals surface area contributed by atoms with Crippen molar-refractivity contribution in [2.75, 3.05) is 11.5 Å². The second kappa shape index (κ2) is 6.69. The number of ether oxygens (including phenoxy) is 2. The smallest absolute Gasteiger partial charge is 0.135 e. The molecule has 26 heavy (non-hydrogen) atoms. The van der Waals surface area contributed by atoms with E-state index in [1.165, 1.54) is 0 Å². The van der Waals surface area contributed by atoms with E-state index in [1.807, 2.05) is 84.9 Å². The first-order valence-corrected chi connectivity index (χ1v) is 8.27. The summed E-state index contributed by atoms with van der Waals surface area (Å²) < 4.78 is 12.0. The minimum absolute atomic E-state index is 0.703. The molecular weight excluding hydrogens is 324 g/mol. The summed E-state index contributed by atoms with van der Waals surface area (Å²) in [5.74, 6) is 2.96. The van der Waals surface area contributed by atoms with Crippen LogP contribution in [0.1, 0.15) is 0 Å². The van der Waals surface area contributed by atoms with Crippen molar-refractivity contribution < 1.29 is 9.47 Å². The second-order valence-electron chi connectivity index (χ2n) is 5.98. The zero-order chi connectivity index (χ0) is 17.9. The fourth-order valence-corrected chi connectivity index (χ4v) is 2.71. The number of benzene rings is 4. The molecule has 0 radical (unpaired) electrons. The van der Waals surface area contributed by atoms with E-state index >= 15 is 0 Å². The molecule has 0 heterocycles. The molecule has 0 aromatic heterocycles. The van der Waals surface area contributed by atoms with Gasteiger partial charge in [-0.1, -0.05) is 18.2 Å². The van der Waals surface area contributed by atoms with Gasteiger partial charge in [0.1, 0.15) is 23.0 Å². The lowest BCUT2D eigenvalue weighted by atomic mass is 10.1. The minimum atomic E-state index is 0.703. The summed E-state index contributed by atoms with van der Waals surface area (Å²) in [7, 11) is 0. The van der Waals surface area contributed by atoms with Gasteiger partial charge >= 0.3 is 0 Å². The van der Waals surface area contributed by atoms with E-state index in [0.717, 1.165) is 33.8 Å². The standard InChI is InChI=1S/C22H18N2O2/c23-16-5-10-18(11-6-16)25-20-9-4-15-2-1-3-22(21(15)14-20)26-19-12-7-17(24)8-13-19/h1-14H,23-24H2. The van der Waals surface area contributed by atoms with Gasteiger partial charge in [-0.25, -0.2) is 0 Å². The van der Waals surface area contributed by atoms with Gasteiger partial charge in [-0.2, -0.15) is 0 Å². The molecule has 4 aromatic carbocycles. The van der Waals surface area contributed by atoms with Gasteiger partial charge in [0.2, 0.25) is 0 Å². The maximum atomic E-state index is 6.04. The second-order valence-corrected chi connectivity index (χ2v) is 5.98. The number of hydrogen-bond donors (Lipinski definition) is 2. The highest BCUT2D eigenvalue weighted by Crippen LogP contribution is 2.34. The lowest BCUT2D eigenvalue weighted by molar-refractivity contribution is 0.479. The molecule has 0 unspecified atom stereocenters. The van der Waals surface area contributed by atoms with Gasteiger partial charge in [-0.3, -0.25) is 0 Å². The SMILES string of the molecule is Nc1ccc(Oc2ccc3cccc(Oc4ccc(N)cc4)c3c2)cc1. The summed E-state index contributed by atoms with van der Waals surface area (Å²) in [6, 6.07) is 26.5. The topological polar surface area (TPSA) is 70.5 Å². The predicted molar refractivity (Wildman–Crippen MR) is 106 cm³/mol. The van der Waals surface area contributed by atoms with Crippen LogP contribution in [-0.4, -0.2) is 0 Å². The van der Waals surface area contributed by atoms with Crippen LogP contribution < -0.4 is 20.9 Å². The highest BCUT2D eigenvalue weighted by atomic mass is 16.5. The summed E-state index contributed by atoms with van der Waals surface area (Å²) in [6.45, 7) is 0. The maximum absolute atomic E-state index is 6.04. The summed E-state index contributed by atoms with van der Waals surface area (Å²) >= 11 is 0. The van der Waals surface area contributed by atoms with Crippen molar-refractivity contribution in [3.05, 3.63) is 84.9 Å². The van der Waals surface area contributed by atoms with Crippen molar-refractivity contribution in [3.63, 3.8) is 0 Å². The monoisotopic (exact) mass is 342 g/mol. The number of fused-ring (bicyclic) bond motifs is 1. The van der Waals surface area contributed by atoms with Crippen molar-refractivity contribution in [2.45, 2.75) is 0 Å². The molecule has 0 fully saturated rings. The summed E-state index contributed by atoms with van der Waals surface area (Å²) in [5, 5.41) is 2.04. The maximum Gasteiger partial charge on any atom is 0.135 e. The molecule has 0 aliphatic rings. The number of rotatable bonds is 4. The third kappa shape index (κ3) is 3.39. The van der Waals surface area contributed by atoms with Crippen LogP contribution in [0, 0.1) is 0 Å². The van der Waals surface area contributed by atoms with Gasteiger partial charge in [0, 0.05) is 16.8 Å². The van der Waals surface area contributed by atoms with E-state index in [9.17, 15) is 0 Å². The van der Waals surface area contributed by atoms with Crippen LogP contribution in [0.5, 0.6) is 23.0 Å². The van der Waals surface area contributed by atoms with Crippen molar-refractivity contribution in [3.8, 4) is 23.0 Å². The Bertz CT molecular complexity index is 1040. The highest BCUT2D eigenvalue weighted by molar-refractivity contribution is 5.89. The van der Waals surface area contributed by atoms with Crippen molar-refractivity contribution in [1.82, 2.24) is 0 Å². The number of nitrogens with two attached hydrogens (primary N) is 2. The molecule has 4 nitrogen and oxygen atoms in total. The zero-order valence-corrected chi connectivity index (χ0v) is 14.1. The van der Waals surface area contributed by atoms with Crippen molar-refractivity contribution in [2.24, 2.45) is 0 Å². The molecule has 0 bridgehead atoms. The average Bonchev–Trinajstić information content (AvgIpc) is 2.66. The van der Waals surface area contributed by atoms with Gasteiger partial charge in [0.25, 0.3) is 0 Å². The largest absolute Gasteiger partial charge is 0.457 e. The van der Waals surface area contributed by atoms with E-state index in [1.54, 1.807) is 0 Å². The van der Waals surface area contributed by atoms with Crippen LogP contribution >= 0.6 is 0 Å². The van der Waals surface area contributed by atoms with Gasteiger partial charge < -0.3 is 20.9 Å². The highest BCUT2D eigenvalue weighted by Gasteiger charge is 2.06. The van der Waals surface area contributed by atoms with E-state index in [2.05, 4.69) is 0 Å². The molecule has 4 heteroatoms. The van der Waals surface area contributed by atoms with Crippen molar-refractivity contribution >= 4 is 22.1 Å². The first-order valence-electron chi connectivity index (χ1n) is 8.27. The van der Waals surface area contributed by atoms with E-state index in [4.69, 9.17) is 20.9 Å². The Kier molecular flexibility index (Phi) is 4.07. The molecule has 0 saturated carbocycles. The molecular formula is C22H18N2O2. The lowest BCUT2D eigenvalue weighted by Gasteiger charge is -2.11. The fourth-order valence-electron chi connectivity index (χ4n) is 2.71. The zero-order valence-electron chi connectivity index (χ0n) is 14.1. The van der Waals surface area contributed by atoms with Gasteiger partial charge in [0.05, 0.1) is 0 Å². The molecule has 4 rings (SSSR count). The van der Waals surface area contributed by atoms with Crippen LogP contribution in [0.2, 0.25) is 0 Å². The quantitative estimate of drug-likeness (QED) is 0.474. The van der Waals surface area contributed by atoms with Crippen molar-refractivity contribution in [1.29, 1.82) is 0 Å². The van der Waals surface area contributed by atoms with E-state index < -0.39 is 0 Å². The summed E-state index contributed by atoms with van der Waals surface area (Å²) in [6.07, 6.45) is 0. The molecule has 4 N–H and O–H groups in total. The molecule has 128 valence electrons. The predicted octanol–water partition coefficient (Wildman–Crippen LogP) is 5.59. The minimum Gasteiger partial charge on any atom is -0.457 e. The third-order valence-corrected chi connectivity index (χ3v) is 4.04. The Morgan fingerprint density at radius 3 is 1.77 bits per heavy atom. The average molecular weight is 342 g/mol. The third-order valence-electron chi connectivity index (χ3n) is 4.04. The van der Waals surface area contributed by atoms with Gasteiger partial charge in [-0.05, 0) is 72.1 Å². The first-order chi connectivity index (χ1) is 12.7. The van der Waals surface area contributed by atoms with E-state index in [-0.39, 0.29) is 0 Å². The fraction of sp³-hybridized carbons (Fsp3) is 0. The molecule has 0 spiro atoms. The molecule has 0 aliphatic carbocycles. The molecule has 0 saturated heterocycles. The Morgan fingerprint density at radius 1 is 0.538 bits per heavy atom. The van der Waals surface area contributed by atoms with Gasteiger partial charge in [0.15, 0.2) is 0 Å². The lowest BCUT2D eigenvalue weighted by Crippen LogP contribution is -1.89. The van der Waals surface area contributed by atoms with E-state index in [0.29, 0.717) is 11.4 Å². The Hall–Kier alpha value is -3.66. The number of hydrogen-bond acceptors (Lipinski definition) is 4. The summed E-state index contributed by atoms with van der Waals surface area (Å²) in [5.41, 5.74) is 12.9. The van der Waals surface area contributed by atoms with Crippen LogP contribution in [-0.2, 0) is 0 Å². The van der Waals surface area contributed by atoms with Crippen LogP contribution in [0.15, 0.2) is 84.9 Å². The molecule has 0 amide bonds. The molecule has 0 atom stereocenters. The normalized spacial score (nSPS) is 10.6. The first kappa shape index (κ1) is 15.8. The Morgan fingerprint density at radius 2 is 1.12 bits per heavy atom. The number of anilines is 2. The Labute approximate surface area is 151 Å². The van der Waals surface area contributed by atoms with Crippen LogP contribution in [0.4, 0.5) is 11.4 Å². The summed E-state index contributed by atoms with van der Waals surface area (Å²) in [4.78, 5) is 0. The Balaban J connectivity index is 1.67. The van der Waals surface area contributed by atoms with Gasteiger partial charge in [-0.15, -0.1) is 0 Å². The molecule has 4 aromatic rings. The van der Waals surface area contributed by atoms with Crippen LogP contribution in [0.3, 0.4) is 0 Å². The molecule has 0 aliphatic heterocycles.